The molecule has 4 N–H and O–H groups in total. The van der Waals surface area contributed by atoms with Crippen LogP contribution >= 0.6 is 0 Å². The molecule has 4 nitrogen and oxygen atoms in total. The number of rotatable bonds is 4. The number of hydrogen-bond acceptors (Lipinski definition) is 3. The van der Waals surface area contributed by atoms with Gasteiger partial charge in [0.2, 0.25) is 0 Å². The summed E-state index contributed by atoms with van der Waals surface area (Å²) in [5.74, 6) is 0.652. The largest absolute Gasteiger partial charge is 0.397 e. The number of nitrogen functional groups attached to an aromatic ring is 1. The predicted octanol–water partition coefficient (Wildman–Crippen LogP) is 1.45. The lowest BCUT2D eigenvalue weighted by Crippen LogP contribution is -2.25. The molecule has 0 bridgehead atoms. The molecule has 0 atom stereocenters. The van der Waals surface area contributed by atoms with Crippen LogP contribution in [-0.2, 0) is 0 Å². The zero-order valence-corrected chi connectivity index (χ0v) is 9.42. The van der Waals surface area contributed by atoms with Crippen LogP contribution in [0.4, 0.5) is 11.4 Å². The number of amides is 1. The topological polar surface area (TPSA) is 67.2 Å². The van der Waals surface area contributed by atoms with Crippen LogP contribution in [-0.4, -0.2) is 19.5 Å². The Kier molecular flexibility index (Phi) is 2.99. The fourth-order valence-corrected chi connectivity index (χ4v) is 1.59. The summed E-state index contributed by atoms with van der Waals surface area (Å²) in [6.07, 6.45) is 2.47. The van der Waals surface area contributed by atoms with Crippen LogP contribution in [0.5, 0.6) is 0 Å². The van der Waals surface area contributed by atoms with Gasteiger partial charge in [-0.3, -0.25) is 4.79 Å². The molecule has 1 saturated carbocycles. The number of nitrogens with two attached hydrogens (primary N) is 1. The molecule has 16 heavy (non-hydrogen) atoms. The van der Waals surface area contributed by atoms with E-state index in [0.29, 0.717) is 17.2 Å². The van der Waals surface area contributed by atoms with Crippen LogP contribution < -0.4 is 16.4 Å². The maximum absolute atomic E-state index is 11.7. The van der Waals surface area contributed by atoms with Crippen molar-refractivity contribution in [2.45, 2.75) is 12.8 Å². The molecular formula is C12H17N3O. The Bertz CT molecular complexity index is 399. The molecule has 0 radical (unpaired) electrons. The molecule has 4 heteroatoms. The van der Waals surface area contributed by atoms with Crippen molar-refractivity contribution >= 4 is 17.3 Å². The Morgan fingerprint density at radius 1 is 1.50 bits per heavy atom. The lowest BCUT2D eigenvalue weighted by molar-refractivity contribution is 0.0952. The van der Waals surface area contributed by atoms with E-state index in [1.54, 1.807) is 19.2 Å². The van der Waals surface area contributed by atoms with E-state index < -0.39 is 0 Å². The van der Waals surface area contributed by atoms with Crippen LogP contribution in [0.1, 0.15) is 23.2 Å². The molecule has 0 aliphatic heterocycles. The monoisotopic (exact) mass is 219 g/mol. The molecule has 0 aromatic heterocycles. The van der Waals surface area contributed by atoms with E-state index in [9.17, 15) is 4.79 Å². The fraction of sp³-hybridized carbons (Fsp3) is 0.417. The molecule has 1 aromatic carbocycles. The summed E-state index contributed by atoms with van der Waals surface area (Å²) in [5.41, 5.74) is 7.86. The van der Waals surface area contributed by atoms with Crippen molar-refractivity contribution in [1.82, 2.24) is 5.32 Å². The van der Waals surface area contributed by atoms with Gasteiger partial charge in [0, 0.05) is 19.2 Å². The zero-order chi connectivity index (χ0) is 11.5. The van der Waals surface area contributed by atoms with Gasteiger partial charge in [0.1, 0.15) is 0 Å². The van der Waals surface area contributed by atoms with E-state index in [0.717, 1.165) is 12.2 Å². The van der Waals surface area contributed by atoms with Gasteiger partial charge in [-0.15, -0.1) is 0 Å². The van der Waals surface area contributed by atoms with Gasteiger partial charge in [-0.05, 0) is 37.0 Å². The summed E-state index contributed by atoms with van der Waals surface area (Å²) in [4.78, 5) is 11.7. The zero-order valence-electron chi connectivity index (χ0n) is 9.42. The molecule has 0 heterocycles. The van der Waals surface area contributed by atoms with Gasteiger partial charge in [0.15, 0.2) is 0 Å². The lowest BCUT2D eigenvalue weighted by atomic mass is 10.1. The molecule has 1 aliphatic carbocycles. The number of anilines is 2. The van der Waals surface area contributed by atoms with Crippen molar-refractivity contribution in [3.05, 3.63) is 23.8 Å². The highest BCUT2D eigenvalue weighted by Crippen LogP contribution is 2.27. The molecule has 1 aliphatic rings. The molecular weight excluding hydrogens is 202 g/mol. The third kappa shape index (κ3) is 2.45. The smallest absolute Gasteiger partial charge is 0.251 e. The van der Waals surface area contributed by atoms with Crippen molar-refractivity contribution < 1.29 is 4.79 Å². The fourth-order valence-electron chi connectivity index (χ4n) is 1.59. The first-order chi connectivity index (χ1) is 7.70. The predicted molar refractivity (Wildman–Crippen MR) is 65.5 cm³/mol. The second-order valence-corrected chi connectivity index (χ2v) is 4.21. The van der Waals surface area contributed by atoms with Crippen molar-refractivity contribution in [3.8, 4) is 0 Å². The highest BCUT2D eigenvalue weighted by Gasteiger charge is 2.21. The Morgan fingerprint density at radius 3 is 2.81 bits per heavy atom. The first-order valence-corrected chi connectivity index (χ1v) is 5.56. The summed E-state index contributed by atoms with van der Waals surface area (Å²) in [6, 6.07) is 5.31. The third-order valence-corrected chi connectivity index (χ3v) is 2.83. The minimum atomic E-state index is -0.0405. The number of carbonyl (C=O) groups excluding carboxylic acids is 1. The Hall–Kier alpha value is -1.71. The number of hydrogen-bond donors (Lipinski definition) is 3. The van der Waals surface area contributed by atoms with Gasteiger partial charge in [0.25, 0.3) is 5.91 Å². The van der Waals surface area contributed by atoms with Crippen LogP contribution in [0.2, 0.25) is 0 Å². The Morgan fingerprint density at radius 2 is 2.25 bits per heavy atom. The van der Waals surface area contributed by atoms with Gasteiger partial charge in [-0.25, -0.2) is 0 Å². The Balaban J connectivity index is 2.01. The number of carbonyl (C=O) groups is 1. The van der Waals surface area contributed by atoms with Gasteiger partial charge in [0.05, 0.1) is 11.4 Å². The second kappa shape index (κ2) is 4.43. The van der Waals surface area contributed by atoms with Gasteiger partial charge in [-0.2, -0.15) is 0 Å². The van der Waals surface area contributed by atoms with Gasteiger partial charge >= 0.3 is 0 Å². The quantitative estimate of drug-likeness (QED) is 0.671. The molecule has 0 saturated heterocycles. The summed E-state index contributed by atoms with van der Waals surface area (Å²) in [6.45, 7) is 0.784. The summed E-state index contributed by atoms with van der Waals surface area (Å²) >= 11 is 0. The van der Waals surface area contributed by atoms with Gasteiger partial charge in [-0.1, -0.05) is 0 Å². The van der Waals surface area contributed by atoms with Crippen molar-refractivity contribution in [2.75, 3.05) is 24.6 Å². The molecule has 1 fully saturated rings. The van der Waals surface area contributed by atoms with E-state index in [1.807, 2.05) is 6.07 Å². The first kappa shape index (κ1) is 10.8. The molecule has 0 spiro atoms. The lowest BCUT2D eigenvalue weighted by Gasteiger charge is -2.08. The summed E-state index contributed by atoms with van der Waals surface area (Å²) in [5, 5.41) is 5.88. The van der Waals surface area contributed by atoms with E-state index in [1.165, 1.54) is 12.8 Å². The van der Waals surface area contributed by atoms with E-state index >= 15 is 0 Å². The molecule has 86 valence electrons. The summed E-state index contributed by atoms with van der Waals surface area (Å²) < 4.78 is 0. The highest BCUT2D eigenvalue weighted by atomic mass is 16.1. The minimum Gasteiger partial charge on any atom is -0.397 e. The number of nitrogens with one attached hydrogen (secondary N) is 2. The van der Waals surface area contributed by atoms with Crippen LogP contribution in [0.25, 0.3) is 0 Å². The minimum absolute atomic E-state index is 0.0405. The van der Waals surface area contributed by atoms with Crippen LogP contribution in [0.15, 0.2) is 18.2 Å². The standard InChI is InChI=1S/C12H17N3O/c1-14-11-5-4-9(6-10(11)13)12(16)15-7-8-2-3-8/h4-6,8,14H,2-3,7,13H2,1H3,(H,15,16). The van der Waals surface area contributed by atoms with Crippen molar-refractivity contribution in [3.63, 3.8) is 0 Å². The van der Waals surface area contributed by atoms with E-state index in [2.05, 4.69) is 10.6 Å². The summed E-state index contributed by atoms with van der Waals surface area (Å²) in [7, 11) is 1.80. The maximum atomic E-state index is 11.7. The highest BCUT2D eigenvalue weighted by molar-refractivity contribution is 5.96. The average molecular weight is 219 g/mol. The van der Waals surface area contributed by atoms with Crippen molar-refractivity contribution in [2.24, 2.45) is 5.92 Å². The molecule has 0 unspecified atom stereocenters. The van der Waals surface area contributed by atoms with Crippen LogP contribution in [0.3, 0.4) is 0 Å². The SMILES string of the molecule is CNc1ccc(C(=O)NCC2CC2)cc1N. The molecule has 1 amide bonds. The van der Waals surface area contributed by atoms with E-state index in [4.69, 9.17) is 5.73 Å². The maximum Gasteiger partial charge on any atom is 0.251 e. The first-order valence-electron chi connectivity index (χ1n) is 5.56. The van der Waals surface area contributed by atoms with Gasteiger partial charge < -0.3 is 16.4 Å². The van der Waals surface area contributed by atoms with Crippen molar-refractivity contribution in [1.29, 1.82) is 0 Å². The third-order valence-electron chi connectivity index (χ3n) is 2.83. The second-order valence-electron chi connectivity index (χ2n) is 4.21. The Labute approximate surface area is 95.2 Å². The molecule has 2 rings (SSSR count). The average Bonchev–Trinajstić information content (AvgIpc) is 3.09. The van der Waals surface area contributed by atoms with E-state index in [-0.39, 0.29) is 5.91 Å². The number of benzene rings is 1. The normalized spacial score (nSPS) is 14.6. The van der Waals surface area contributed by atoms with Crippen LogP contribution in [0, 0.1) is 5.92 Å². The molecule has 1 aromatic rings.